The first-order valence-electron chi connectivity index (χ1n) is 7.41. The summed E-state index contributed by atoms with van der Waals surface area (Å²) in [6, 6.07) is 4.96. The molecular weight excluding hydrogens is 302 g/mol. The minimum Gasteiger partial charge on any atom is -0.493 e. The number of nitrogens with one attached hydrogen (secondary N) is 1. The number of anilines is 1. The van der Waals surface area contributed by atoms with Crippen LogP contribution in [0.2, 0.25) is 0 Å². The van der Waals surface area contributed by atoms with Gasteiger partial charge in [0.1, 0.15) is 0 Å². The molecule has 1 aromatic rings. The largest absolute Gasteiger partial charge is 0.493 e. The van der Waals surface area contributed by atoms with E-state index in [4.69, 9.17) is 14.2 Å². The number of methoxy groups -OCH3 is 2. The van der Waals surface area contributed by atoms with E-state index in [1.54, 1.807) is 18.2 Å². The molecule has 2 atom stereocenters. The van der Waals surface area contributed by atoms with Crippen LogP contribution >= 0.6 is 0 Å². The Kier molecular flexibility index (Phi) is 5.81. The number of carboxylic acids is 1. The molecular formula is C16H21NO6. The van der Waals surface area contributed by atoms with Gasteiger partial charge in [0.05, 0.1) is 26.2 Å². The van der Waals surface area contributed by atoms with Crippen LogP contribution in [0.5, 0.6) is 11.5 Å². The smallest absolute Gasteiger partial charge is 0.309 e. The molecule has 2 unspecified atom stereocenters. The van der Waals surface area contributed by atoms with E-state index in [0.717, 1.165) is 6.42 Å². The topological polar surface area (TPSA) is 94.1 Å². The lowest BCUT2D eigenvalue weighted by Crippen LogP contribution is -2.31. The third-order valence-corrected chi connectivity index (χ3v) is 3.80. The van der Waals surface area contributed by atoms with Gasteiger partial charge in [-0.15, -0.1) is 0 Å². The Balaban J connectivity index is 2.01. The molecule has 126 valence electrons. The number of aliphatic carboxylic acids is 1. The first kappa shape index (κ1) is 17.1. The van der Waals surface area contributed by atoms with E-state index in [9.17, 15) is 14.7 Å². The Morgan fingerprint density at radius 3 is 2.65 bits per heavy atom. The predicted octanol–water partition coefficient (Wildman–Crippen LogP) is 1.91. The molecule has 7 nitrogen and oxygen atoms in total. The first-order valence-corrected chi connectivity index (χ1v) is 7.41. The number of carbonyl (C=O) groups excluding carboxylic acids is 1. The number of amides is 1. The van der Waals surface area contributed by atoms with Gasteiger partial charge in [-0.3, -0.25) is 9.59 Å². The molecule has 0 radical (unpaired) electrons. The predicted molar refractivity (Wildman–Crippen MR) is 82.9 cm³/mol. The highest BCUT2D eigenvalue weighted by atomic mass is 16.5. The lowest BCUT2D eigenvalue weighted by molar-refractivity contribution is -0.148. The molecule has 0 bridgehead atoms. The normalized spacial score (nSPS) is 18.3. The van der Waals surface area contributed by atoms with Crippen LogP contribution in [-0.2, 0) is 14.3 Å². The molecule has 1 aromatic carbocycles. The van der Waals surface area contributed by atoms with Gasteiger partial charge in [0.15, 0.2) is 11.5 Å². The monoisotopic (exact) mass is 323 g/mol. The fraction of sp³-hybridized carbons (Fsp3) is 0.500. The van der Waals surface area contributed by atoms with Gasteiger partial charge in [0.25, 0.3) is 0 Å². The highest BCUT2D eigenvalue weighted by molar-refractivity contribution is 5.93. The van der Waals surface area contributed by atoms with Gasteiger partial charge >= 0.3 is 5.97 Å². The SMILES string of the molecule is COc1ccc(NC(=O)CC(C(=O)O)C2CCCO2)cc1OC. The van der Waals surface area contributed by atoms with Crippen molar-refractivity contribution in [2.24, 2.45) is 5.92 Å². The van der Waals surface area contributed by atoms with Gasteiger partial charge in [0, 0.05) is 24.8 Å². The molecule has 0 aromatic heterocycles. The van der Waals surface area contributed by atoms with Gasteiger partial charge in [-0.05, 0) is 25.0 Å². The van der Waals surface area contributed by atoms with Crippen molar-refractivity contribution in [2.45, 2.75) is 25.4 Å². The van der Waals surface area contributed by atoms with Gasteiger partial charge < -0.3 is 24.6 Å². The van der Waals surface area contributed by atoms with E-state index in [0.29, 0.717) is 30.2 Å². The zero-order valence-corrected chi connectivity index (χ0v) is 13.2. The van der Waals surface area contributed by atoms with E-state index < -0.39 is 18.0 Å². The Bertz CT molecular complexity index is 568. The van der Waals surface area contributed by atoms with Crippen LogP contribution < -0.4 is 14.8 Å². The number of hydrogen-bond donors (Lipinski definition) is 2. The van der Waals surface area contributed by atoms with E-state index in [-0.39, 0.29) is 12.3 Å². The number of rotatable bonds is 7. The second-order valence-corrected chi connectivity index (χ2v) is 5.32. The van der Waals surface area contributed by atoms with E-state index in [1.165, 1.54) is 14.2 Å². The third kappa shape index (κ3) is 4.35. The summed E-state index contributed by atoms with van der Waals surface area (Å²) in [7, 11) is 3.02. The van der Waals surface area contributed by atoms with Crippen molar-refractivity contribution < 1.29 is 28.9 Å². The number of hydrogen-bond acceptors (Lipinski definition) is 5. The first-order chi connectivity index (χ1) is 11.0. The molecule has 1 aliphatic heterocycles. The quantitative estimate of drug-likeness (QED) is 0.796. The fourth-order valence-corrected chi connectivity index (χ4v) is 2.62. The minimum atomic E-state index is -1.01. The Labute approximate surface area is 134 Å². The number of carboxylic acid groups (broad SMARTS) is 1. The summed E-state index contributed by atoms with van der Waals surface area (Å²) in [6.45, 7) is 0.547. The third-order valence-electron chi connectivity index (χ3n) is 3.80. The molecule has 0 saturated carbocycles. The summed E-state index contributed by atoms with van der Waals surface area (Å²) in [5.74, 6) is -1.19. The van der Waals surface area contributed by atoms with Crippen molar-refractivity contribution in [3.63, 3.8) is 0 Å². The summed E-state index contributed by atoms with van der Waals surface area (Å²) >= 11 is 0. The Morgan fingerprint density at radius 1 is 1.35 bits per heavy atom. The van der Waals surface area contributed by atoms with Crippen molar-refractivity contribution in [1.82, 2.24) is 0 Å². The molecule has 2 N–H and O–H groups in total. The summed E-state index contributed by atoms with van der Waals surface area (Å²) < 4.78 is 15.7. The Morgan fingerprint density at radius 2 is 2.09 bits per heavy atom. The number of ether oxygens (including phenoxy) is 3. The summed E-state index contributed by atoms with van der Waals surface area (Å²) in [6.07, 6.45) is 0.962. The summed E-state index contributed by atoms with van der Waals surface area (Å²) in [5.41, 5.74) is 0.518. The second-order valence-electron chi connectivity index (χ2n) is 5.32. The van der Waals surface area contributed by atoms with E-state index in [2.05, 4.69) is 5.32 Å². The van der Waals surface area contributed by atoms with Crippen LogP contribution in [0, 0.1) is 5.92 Å². The zero-order chi connectivity index (χ0) is 16.8. The molecule has 2 rings (SSSR count). The summed E-state index contributed by atoms with van der Waals surface area (Å²) in [4.78, 5) is 23.5. The molecule has 1 fully saturated rings. The highest BCUT2D eigenvalue weighted by Gasteiger charge is 2.33. The lowest BCUT2D eigenvalue weighted by atomic mass is 9.96. The second kappa shape index (κ2) is 7.82. The van der Waals surface area contributed by atoms with E-state index >= 15 is 0 Å². The van der Waals surface area contributed by atoms with Crippen LogP contribution in [-0.4, -0.2) is 43.9 Å². The van der Waals surface area contributed by atoms with Crippen LogP contribution in [0.1, 0.15) is 19.3 Å². The number of benzene rings is 1. The van der Waals surface area contributed by atoms with Gasteiger partial charge in [0.2, 0.25) is 5.91 Å². The minimum absolute atomic E-state index is 0.131. The van der Waals surface area contributed by atoms with Crippen molar-refractivity contribution in [1.29, 1.82) is 0 Å². The van der Waals surface area contributed by atoms with Crippen molar-refractivity contribution >= 4 is 17.6 Å². The molecule has 1 amide bonds. The maximum atomic E-state index is 12.1. The maximum Gasteiger partial charge on any atom is 0.309 e. The van der Waals surface area contributed by atoms with Crippen molar-refractivity contribution in [3.05, 3.63) is 18.2 Å². The van der Waals surface area contributed by atoms with Gasteiger partial charge in [-0.2, -0.15) is 0 Å². The average molecular weight is 323 g/mol. The standard InChI is InChI=1S/C16H21NO6/c1-21-13-6-5-10(8-14(13)22-2)17-15(18)9-11(16(19)20)12-4-3-7-23-12/h5-6,8,11-12H,3-4,7,9H2,1-2H3,(H,17,18)(H,19,20). The molecule has 0 spiro atoms. The maximum absolute atomic E-state index is 12.1. The van der Waals surface area contributed by atoms with Crippen LogP contribution in [0.25, 0.3) is 0 Å². The number of carbonyl (C=O) groups is 2. The van der Waals surface area contributed by atoms with E-state index in [1.807, 2.05) is 0 Å². The molecule has 0 aliphatic carbocycles. The lowest BCUT2D eigenvalue weighted by Gasteiger charge is -2.18. The van der Waals surface area contributed by atoms with Crippen LogP contribution in [0.3, 0.4) is 0 Å². The van der Waals surface area contributed by atoms with Gasteiger partial charge in [-0.1, -0.05) is 0 Å². The van der Waals surface area contributed by atoms with Gasteiger partial charge in [-0.25, -0.2) is 0 Å². The van der Waals surface area contributed by atoms with Crippen molar-refractivity contribution in [2.75, 3.05) is 26.1 Å². The van der Waals surface area contributed by atoms with Crippen LogP contribution in [0.4, 0.5) is 5.69 Å². The zero-order valence-electron chi connectivity index (χ0n) is 13.2. The van der Waals surface area contributed by atoms with Crippen LogP contribution in [0.15, 0.2) is 18.2 Å². The molecule has 1 aliphatic rings. The van der Waals surface area contributed by atoms with Crippen molar-refractivity contribution in [3.8, 4) is 11.5 Å². The summed E-state index contributed by atoms with van der Waals surface area (Å²) in [5, 5.41) is 12.0. The molecule has 1 heterocycles. The molecule has 7 heteroatoms. The Hall–Kier alpha value is -2.28. The fourth-order valence-electron chi connectivity index (χ4n) is 2.62. The average Bonchev–Trinajstić information content (AvgIpc) is 3.06. The highest BCUT2D eigenvalue weighted by Crippen LogP contribution is 2.30. The molecule has 23 heavy (non-hydrogen) atoms. The molecule has 1 saturated heterocycles.